The number of rotatable bonds is 9. The summed E-state index contributed by atoms with van der Waals surface area (Å²) in [5, 5.41) is 36.8. The molecular weight excluding hydrogens is 558 g/mol. The summed E-state index contributed by atoms with van der Waals surface area (Å²) in [7, 11) is 0. The van der Waals surface area contributed by atoms with Crippen LogP contribution in [0.1, 0.15) is 20.3 Å². The molecule has 0 spiro atoms. The molecule has 1 aromatic heterocycles. The summed E-state index contributed by atoms with van der Waals surface area (Å²) in [5.41, 5.74) is 10.8. The Kier molecular flexibility index (Phi) is 7.89. The highest BCUT2D eigenvalue weighted by Crippen LogP contribution is 2.51. The van der Waals surface area contributed by atoms with Crippen molar-refractivity contribution in [3.8, 4) is 0 Å². The SMILES string of the molecule is C[C@@H](NC(=O)Cn1cnnn1)[C@H]1C(=O)N2C(C(=O)O)=C(S[C@@H]3CN[C@H](C(=O)N4CC(N=C(N)N)[C@H](O)C4)C3)[C@H](C)[C@H]12. The van der Waals surface area contributed by atoms with Crippen LogP contribution in [0.25, 0.3) is 0 Å². The summed E-state index contributed by atoms with van der Waals surface area (Å²) in [6.07, 6.45) is 0.884. The Balaban J connectivity index is 1.21. The topological polar surface area (TPSA) is 247 Å². The lowest BCUT2D eigenvalue weighted by atomic mass is 9.78. The number of tetrazole rings is 1. The van der Waals surface area contributed by atoms with Gasteiger partial charge in [0.25, 0.3) is 0 Å². The van der Waals surface area contributed by atoms with Gasteiger partial charge in [-0.15, -0.1) is 16.9 Å². The Morgan fingerprint density at radius 1 is 1.32 bits per heavy atom. The van der Waals surface area contributed by atoms with Crippen LogP contribution in [-0.2, 0) is 25.7 Å². The Labute approximate surface area is 238 Å². The van der Waals surface area contributed by atoms with Crippen LogP contribution in [0.15, 0.2) is 21.9 Å². The number of aliphatic hydroxyl groups excluding tert-OH is 1. The molecule has 8 N–H and O–H groups in total. The van der Waals surface area contributed by atoms with Gasteiger partial charge in [0.2, 0.25) is 17.7 Å². The van der Waals surface area contributed by atoms with Gasteiger partial charge in [0.15, 0.2) is 5.96 Å². The lowest BCUT2D eigenvalue weighted by molar-refractivity contribution is -0.158. The molecular formula is C23H33N11O6S. The second-order valence-corrected chi connectivity index (χ2v) is 12.1. The quantitative estimate of drug-likeness (QED) is 0.0919. The molecule has 1 aromatic rings. The van der Waals surface area contributed by atoms with E-state index in [0.717, 1.165) is 0 Å². The highest BCUT2D eigenvalue weighted by Gasteiger charge is 2.60. The third kappa shape index (κ3) is 5.45. The van der Waals surface area contributed by atoms with E-state index in [1.165, 1.54) is 32.6 Å². The van der Waals surface area contributed by atoms with E-state index in [1.807, 2.05) is 6.92 Å². The normalized spacial score (nSPS) is 31.6. The van der Waals surface area contributed by atoms with Crippen LogP contribution in [0.2, 0.25) is 0 Å². The number of aromatic nitrogens is 4. The lowest BCUT2D eigenvalue weighted by Crippen LogP contribution is -2.66. The van der Waals surface area contributed by atoms with E-state index in [-0.39, 0.29) is 60.2 Å². The van der Waals surface area contributed by atoms with Crippen molar-refractivity contribution in [2.75, 3.05) is 19.6 Å². The molecule has 1 unspecified atom stereocenters. The standard InChI is InChI=1S/C23H33N11O6S/c1-9-17-16(10(2)28-15(36)7-33-8-27-30-31-33)21(38)34(17)18(22(39)40)19(9)41-11-3-12(26-4-11)20(37)32-5-13(14(35)6-32)29-23(24)25/h8-14,16-17,26,35H,3-7H2,1-2H3,(H,28,36)(H,39,40)(H4,24,25,29)/t9-,10-,11+,12+,13?,14-,16-,17-/m1/s1. The fourth-order valence-electron chi connectivity index (χ4n) is 6.13. The number of aliphatic hydroxyl groups is 1. The van der Waals surface area contributed by atoms with E-state index in [2.05, 4.69) is 31.2 Å². The number of nitrogens with two attached hydrogens (primary N) is 2. The van der Waals surface area contributed by atoms with E-state index < -0.39 is 42.2 Å². The number of fused-ring (bicyclic) bond motifs is 1. The predicted molar refractivity (Wildman–Crippen MR) is 143 cm³/mol. The number of guanidine groups is 1. The first-order valence-electron chi connectivity index (χ1n) is 13.2. The molecule has 18 heteroatoms. The van der Waals surface area contributed by atoms with Gasteiger partial charge in [-0.05, 0) is 23.8 Å². The minimum atomic E-state index is -1.19. The Hall–Kier alpha value is -3.77. The summed E-state index contributed by atoms with van der Waals surface area (Å²) >= 11 is 1.37. The van der Waals surface area contributed by atoms with Crippen molar-refractivity contribution < 1.29 is 29.4 Å². The number of aliphatic carboxylic acids is 1. The smallest absolute Gasteiger partial charge is 0.353 e. The number of carbonyl (C=O) groups is 4. The maximum atomic E-state index is 13.2. The maximum Gasteiger partial charge on any atom is 0.353 e. The molecule has 3 saturated heterocycles. The average molecular weight is 592 g/mol. The van der Waals surface area contributed by atoms with Crippen LogP contribution in [0.4, 0.5) is 0 Å². The third-order valence-corrected chi connectivity index (χ3v) is 9.50. The number of β-lactam (4-membered cyclic amide) rings is 1. The number of nitrogens with zero attached hydrogens (tertiary/aromatic N) is 7. The Morgan fingerprint density at radius 2 is 2.07 bits per heavy atom. The van der Waals surface area contributed by atoms with E-state index in [0.29, 0.717) is 17.9 Å². The molecule has 3 fully saturated rings. The highest BCUT2D eigenvalue weighted by atomic mass is 32.2. The van der Waals surface area contributed by atoms with E-state index >= 15 is 0 Å². The van der Waals surface area contributed by atoms with Crippen LogP contribution in [0, 0.1) is 11.8 Å². The van der Waals surface area contributed by atoms with Crippen molar-refractivity contribution in [3.05, 3.63) is 16.9 Å². The van der Waals surface area contributed by atoms with Gasteiger partial charge in [-0.25, -0.2) is 14.5 Å². The number of thioether (sulfide) groups is 1. The molecule has 41 heavy (non-hydrogen) atoms. The zero-order valence-electron chi connectivity index (χ0n) is 22.5. The van der Waals surface area contributed by atoms with Crippen LogP contribution < -0.4 is 22.1 Å². The van der Waals surface area contributed by atoms with Gasteiger partial charge in [0.05, 0.1) is 30.1 Å². The number of carbonyl (C=O) groups excluding carboxylic acids is 3. The summed E-state index contributed by atoms with van der Waals surface area (Å²) in [4.78, 5) is 58.5. The van der Waals surface area contributed by atoms with Gasteiger partial charge in [0.1, 0.15) is 18.6 Å². The molecule has 0 aromatic carbocycles. The van der Waals surface area contributed by atoms with E-state index in [9.17, 15) is 29.4 Å². The number of hydrogen-bond acceptors (Lipinski definition) is 11. The minimum Gasteiger partial charge on any atom is -0.477 e. The summed E-state index contributed by atoms with van der Waals surface area (Å²) < 4.78 is 1.26. The van der Waals surface area contributed by atoms with Crippen molar-refractivity contribution >= 4 is 41.4 Å². The van der Waals surface area contributed by atoms with Crippen LogP contribution in [0.3, 0.4) is 0 Å². The number of carboxylic acids is 1. The van der Waals surface area contributed by atoms with Gasteiger partial charge < -0.3 is 42.1 Å². The van der Waals surface area contributed by atoms with Crippen LogP contribution in [-0.4, -0.2) is 125 Å². The molecule has 5 heterocycles. The molecule has 0 bridgehead atoms. The third-order valence-electron chi connectivity index (χ3n) is 7.98. The monoisotopic (exact) mass is 591 g/mol. The van der Waals surface area contributed by atoms with Gasteiger partial charge >= 0.3 is 5.97 Å². The predicted octanol–water partition coefficient (Wildman–Crippen LogP) is -3.74. The second-order valence-electron chi connectivity index (χ2n) is 10.8. The van der Waals surface area contributed by atoms with Gasteiger partial charge in [-0.3, -0.25) is 14.4 Å². The highest BCUT2D eigenvalue weighted by molar-refractivity contribution is 8.03. The number of nitrogens with one attached hydrogen (secondary N) is 2. The first kappa shape index (κ1) is 28.7. The lowest BCUT2D eigenvalue weighted by Gasteiger charge is -2.47. The first-order valence-corrected chi connectivity index (χ1v) is 14.1. The summed E-state index contributed by atoms with van der Waals surface area (Å²) in [6, 6.07) is -2.04. The van der Waals surface area contributed by atoms with Gasteiger partial charge in [0, 0.05) is 41.7 Å². The van der Waals surface area contributed by atoms with Gasteiger partial charge in [-0.1, -0.05) is 6.92 Å². The number of likely N-dealkylation sites (tertiary alicyclic amines) is 1. The molecule has 222 valence electrons. The number of β-amino-alcohol motifs (C(OH)–C–C–N with tert-alkyl or cyclic N) is 1. The van der Waals surface area contributed by atoms with E-state index in [1.54, 1.807) is 6.92 Å². The van der Waals surface area contributed by atoms with Crippen molar-refractivity contribution in [1.29, 1.82) is 0 Å². The zero-order chi connectivity index (χ0) is 29.6. The molecule has 4 aliphatic rings. The zero-order valence-corrected chi connectivity index (χ0v) is 23.3. The van der Waals surface area contributed by atoms with Gasteiger partial charge in [-0.2, -0.15) is 0 Å². The molecule has 4 aliphatic heterocycles. The fourth-order valence-corrected chi connectivity index (χ4v) is 7.61. The average Bonchev–Trinajstić information content (AvgIpc) is 3.68. The largest absolute Gasteiger partial charge is 0.477 e. The fraction of sp³-hybridized carbons (Fsp3) is 0.652. The number of amides is 3. The number of carboxylic acid groups (broad SMARTS) is 1. The van der Waals surface area contributed by atoms with Crippen LogP contribution in [0.5, 0.6) is 0 Å². The summed E-state index contributed by atoms with van der Waals surface area (Å²) in [5.74, 6) is -3.13. The minimum absolute atomic E-state index is 0.0431. The molecule has 0 saturated carbocycles. The molecule has 8 atom stereocenters. The van der Waals surface area contributed by atoms with Crippen LogP contribution >= 0.6 is 11.8 Å². The van der Waals surface area contributed by atoms with E-state index in [4.69, 9.17) is 11.5 Å². The molecule has 0 radical (unpaired) electrons. The van der Waals surface area contributed by atoms with Crippen molar-refractivity contribution in [3.63, 3.8) is 0 Å². The molecule has 3 amide bonds. The second kappa shape index (κ2) is 11.2. The Morgan fingerprint density at radius 3 is 2.73 bits per heavy atom. The van der Waals surface area contributed by atoms with Crippen molar-refractivity contribution in [1.82, 2.24) is 40.6 Å². The molecule has 5 rings (SSSR count). The number of hydrogen-bond donors (Lipinski definition) is 6. The van der Waals surface area contributed by atoms with Crippen molar-refractivity contribution in [2.24, 2.45) is 28.3 Å². The Bertz CT molecular complexity index is 1280. The molecule has 17 nitrogen and oxygen atoms in total. The summed E-state index contributed by atoms with van der Waals surface area (Å²) in [6.45, 7) is 4.27. The first-order chi connectivity index (χ1) is 19.5. The molecule has 0 aliphatic carbocycles. The maximum absolute atomic E-state index is 13.2. The number of aliphatic imine (C=N–C) groups is 1. The van der Waals surface area contributed by atoms with Crippen molar-refractivity contribution in [2.45, 2.75) is 62.3 Å².